The molecule has 9 heteroatoms. The van der Waals surface area contributed by atoms with Crippen molar-refractivity contribution in [3.8, 4) is 0 Å². The lowest BCUT2D eigenvalue weighted by Gasteiger charge is -2.33. The summed E-state index contributed by atoms with van der Waals surface area (Å²) in [5, 5.41) is 2.68. The maximum Gasteiger partial charge on any atom is 0.416 e. The predicted molar refractivity (Wildman–Crippen MR) is 104 cm³/mol. The number of fused-ring (bicyclic) bond motifs is 1. The number of esters is 2. The zero-order chi connectivity index (χ0) is 22.8. The Labute approximate surface area is 176 Å². The van der Waals surface area contributed by atoms with Crippen molar-refractivity contribution < 1.29 is 37.0 Å². The number of alkyl halides is 3. The lowest BCUT2D eigenvalue weighted by molar-refractivity contribution is -0.173. The van der Waals surface area contributed by atoms with Gasteiger partial charge in [-0.2, -0.15) is 13.2 Å². The summed E-state index contributed by atoms with van der Waals surface area (Å²) < 4.78 is 49.2. The van der Waals surface area contributed by atoms with Gasteiger partial charge in [0.15, 0.2) is 0 Å². The molecule has 1 amide bonds. The molecule has 0 saturated heterocycles. The molecule has 1 N–H and O–H groups in total. The van der Waals surface area contributed by atoms with Crippen LogP contribution in [0.2, 0.25) is 0 Å². The van der Waals surface area contributed by atoms with E-state index < -0.39 is 41.1 Å². The molecular weight excluding hydrogens is 415 g/mol. The molecule has 0 radical (unpaired) electrons. The van der Waals surface area contributed by atoms with Crippen molar-refractivity contribution >= 4 is 23.5 Å². The van der Waals surface area contributed by atoms with E-state index in [-0.39, 0.29) is 13.0 Å². The van der Waals surface area contributed by atoms with Crippen molar-refractivity contribution in [3.63, 3.8) is 0 Å². The average molecular weight is 435 g/mol. The molecular formula is C22H20F3NO5. The van der Waals surface area contributed by atoms with E-state index in [1.807, 2.05) is 0 Å². The highest BCUT2D eigenvalue weighted by molar-refractivity contribution is 6.09. The fourth-order valence-electron chi connectivity index (χ4n) is 3.73. The summed E-state index contributed by atoms with van der Waals surface area (Å²) >= 11 is 0. The highest BCUT2D eigenvalue weighted by Gasteiger charge is 2.57. The van der Waals surface area contributed by atoms with Gasteiger partial charge in [0.1, 0.15) is 5.41 Å². The second-order valence-electron chi connectivity index (χ2n) is 7.08. The smallest absolute Gasteiger partial charge is 0.416 e. The van der Waals surface area contributed by atoms with Crippen LogP contribution in [0.5, 0.6) is 0 Å². The van der Waals surface area contributed by atoms with Gasteiger partial charge in [-0.05, 0) is 42.7 Å². The Hall–Kier alpha value is -3.36. The maximum atomic E-state index is 13.2. The highest BCUT2D eigenvalue weighted by atomic mass is 19.4. The van der Waals surface area contributed by atoms with E-state index in [0.717, 1.165) is 19.1 Å². The number of para-hydroxylation sites is 1. The molecule has 0 spiro atoms. The van der Waals surface area contributed by atoms with Crippen LogP contribution in [0.3, 0.4) is 0 Å². The number of nitrogens with one attached hydrogen (secondary N) is 1. The first-order valence-corrected chi connectivity index (χ1v) is 9.50. The maximum absolute atomic E-state index is 13.2. The minimum atomic E-state index is -4.52. The zero-order valence-corrected chi connectivity index (χ0v) is 16.8. The molecule has 3 rings (SSSR count). The van der Waals surface area contributed by atoms with Gasteiger partial charge in [0.25, 0.3) is 0 Å². The van der Waals surface area contributed by atoms with Crippen LogP contribution in [-0.4, -0.2) is 30.6 Å². The largest absolute Gasteiger partial charge is 0.463 e. The molecule has 2 aromatic carbocycles. The van der Waals surface area contributed by atoms with Crippen molar-refractivity contribution in [1.82, 2.24) is 0 Å². The van der Waals surface area contributed by atoms with Crippen LogP contribution >= 0.6 is 0 Å². The van der Waals surface area contributed by atoms with Crippen molar-refractivity contribution in [2.24, 2.45) is 0 Å². The molecule has 0 aliphatic carbocycles. The summed E-state index contributed by atoms with van der Waals surface area (Å²) in [4.78, 5) is 37.8. The summed E-state index contributed by atoms with van der Waals surface area (Å²) in [6.45, 7) is 2.64. The molecule has 0 fully saturated rings. The van der Waals surface area contributed by atoms with Crippen LogP contribution in [0.4, 0.5) is 18.9 Å². The number of carbonyl (C=O) groups is 3. The number of ether oxygens (including phenoxy) is 2. The SMILES string of the molecule is CCOC(=O)[C@H](OC(C)=O)[C@]1(Cc2ccc(C(F)(F)F)cc2)C(=O)Nc2ccccc21. The van der Waals surface area contributed by atoms with Gasteiger partial charge >= 0.3 is 18.1 Å². The molecule has 164 valence electrons. The number of carbonyl (C=O) groups excluding carboxylic acids is 3. The number of hydrogen-bond acceptors (Lipinski definition) is 5. The number of hydrogen-bond donors (Lipinski definition) is 1. The monoisotopic (exact) mass is 435 g/mol. The fraction of sp³-hybridized carbons (Fsp3) is 0.318. The molecule has 1 heterocycles. The van der Waals surface area contributed by atoms with Gasteiger partial charge in [-0.15, -0.1) is 0 Å². The fourth-order valence-corrected chi connectivity index (χ4v) is 3.73. The topological polar surface area (TPSA) is 81.7 Å². The van der Waals surface area contributed by atoms with E-state index in [1.54, 1.807) is 31.2 Å². The quantitative estimate of drug-likeness (QED) is 0.701. The van der Waals surface area contributed by atoms with E-state index in [0.29, 0.717) is 16.8 Å². The van der Waals surface area contributed by atoms with Crippen molar-refractivity contribution in [3.05, 3.63) is 65.2 Å². The third-order valence-corrected chi connectivity index (χ3v) is 5.06. The predicted octanol–water partition coefficient (Wildman–Crippen LogP) is 3.63. The molecule has 0 saturated carbocycles. The van der Waals surface area contributed by atoms with Gasteiger partial charge in [-0.3, -0.25) is 9.59 Å². The van der Waals surface area contributed by atoms with Gasteiger partial charge in [-0.25, -0.2) is 4.79 Å². The lowest BCUT2D eigenvalue weighted by atomic mass is 9.71. The first kappa shape index (κ1) is 22.3. The number of halogens is 3. The van der Waals surface area contributed by atoms with Gasteiger partial charge in [0.05, 0.1) is 12.2 Å². The van der Waals surface area contributed by atoms with Crippen molar-refractivity contribution in [2.45, 2.75) is 38.0 Å². The third-order valence-electron chi connectivity index (χ3n) is 5.06. The summed E-state index contributed by atoms with van der Waals surface area (Å²) in [5.41, 5.74) is -1.40. The van der Waals surface area contributed by atoms with Gasteiger partial charge in [0, 0.05) is 12.6 Å². The number of amides is 1. The highest BCUT2D eigenvalue weighted by Crippen LogP contribution is 2.44. The van der Waals surface area contributed by atoms with Crippen LogP contribution < -0.4 is 5.32 Å². The molecule has 1 aliphatic rings. The molecule has 1 aliphatic heterocycles. The van der Waals surface area contributed by atoms with E-state index >= 15 is 0 Å². The zero-order valence-electron chi connectivity index (χ0n) is 16.8. The first-order chi connectivity index (χ1) is 14.6. The Morgan fingerprint density at radius 2 is 1.74 bits per heavy atom. The van der Waals surface area contributed by atoms with Gasteiger partial charge < -0.3 is 14.8 Å². The number of benzene rings is 2. The molecule has 6 nitrogen and oxygen atoms in total. The first-order valence-electron chi connectivity index (χ1n) is 9.50. The van der Waals surface area contributed by atoms with Gasteiger partial charge in [-0.1, -0.05) is 30.3 Å². The van der Waals surface area contributed by atoms with Crippen molar-refractivity contribution in [2.75, 3.05) is 11.9 Å². The van der Waals surface area contributed by atoms with Crippen LogP contribution in [0.15, 0.2) is 48.5 Å². The van der Waals surface area contributed by atoms with Crippen LogP contribution in [0, 0.1) is 0 Å². The lowest BCUT2D eigenvalue weighted by Crippen LogP contribution is -2.53. The minimum absolute atomic E-state index is 0.0176. The van der Waals surface area contributed by atoms with Crippen LogP contribution in [-0.2, 0) is 41.9 Å². The average Bonchev–Trinajstić information content (AvgIpc) is 2.98. The molecule has 2 atom stereocenters. The summed E-state index contributed by atoms with van der Waals surface area (Å²) in [6, 6.07) is 10.8. The third kappa shape index (κ3) is 4.26. The van der Waals surface area contributed by atoms with E-state index in [4.69, 9.17) is 9.47 Å². The number of rotatable bonds is 6. The molecule has 31 heavy (non-hydrogen) atoms. The Morgan fingerprint density at radius 1 is 1.10 bits per heavy atom. The summed E-state index contributed by atoms with van der Waals surface area (Å²) in [5.74, 6) is -2.34. The summed E-state index contributed by atoms with van der Waals surface area (Å²) in [7, 11) is 0. The van der Waals surface area contributed by atoms with E-state index in [2.05, 4.69) is 5.32 Å². The molecule has 0 bridgehead atoms. The van der Waals surface area contributed by atoms with Crippen LogP contribution in [0.1, 0.15) is 30.5 Å². The standard InChI is InChI=1S/C22H20F3NO5/c1-3-30-19(28)18(31-13(2)27)21(16-6-4-5-7-17(16)26-20(21)29)12-14-8-10-15(11-9-14)22(23,24)25/h4-11,18H,3,12H2,1-2H3,(H,26,29)/t18-,21+/m0/s1. The normalized spacial score (nSPS) is 18.7. The second-order valence-corrected chi connectivity index (χ2v) is 7.08. The van der Waals surface area contributed by atoms with E-state index in [1.165, 1.54) is 12.1 Å². The Morgan fingerprint density at radius 3 is 2.32 bits per heavy atom. The Kier molecular flexibility index (Phi) is 6.06. The molecule has 0 unspecified atom stereocenters. The molecule has 0 aromatic heterocycles. The number of anilines is 1. The second kappa shape index (κ2) is 8.41. The summed E-state index contributed by atoms with van der Waals surface area (Å²) in [6.07, 6.45) is -6.33. The van der Waals surface area contributed by atoms with Crippen LogP contribution in [0.25, 0.3) is 0 Å². The minimum Gasteiger partial charge on any atom is -0.463 e. The van der Waals surface area contributed by atoms with E-state index in [9.17, 15) is 27.6 Å². The molecule has 2 aromatic rings. The Balaban J connectivity index is 2.14. The van der Waals surface area contributed by atoms with Crippen molar-refractivity contribution in [1.29, 1.82) is 0 Å². The van der Waals surface area contributed by atoms with Gasteiger partial charge in [0.2, 0.25) is 12.0 Å². The Bertz CT molecular complexity index is 1000.